The average Bonchev–Trinajstić information content (AvgIpc) is 3.34. The van der Waals surface area contributed by atoms with Gasteiger partial charge in [-0.1, -0.05) is 12.1 Å². The van der Waals surface area contributed by atoms with Crippen molar-refractivity contribution in [3.05, 3.63) is 77.4 Å². The van der Waals surface area contributed by atoms with Crippen LogP contribution in [0.1, 0.15) is 21.5 Å². The molecule has 1 aromatic heterocycles. The van der Waals surface area contributed by atoms with Gasteiger partial charge in [0, 0.05) is 38.3 Å². The lowest BCUT2D eigenvalue weighted by molar-refractivity contribution is -0.120. The second kappa shape index (κ2) is 10.4. The maximum Gasteiger partial charge on any atom is 0.342 e. The molecule has 2 aromatic carbocycles. The smallest absolute Gasteiger partial charge is 0.342 e. The molecule has 0 radical (unpaired) electrons. The third kappa shape index (κ3) is 5.31. The fourth-order valence-corrected chi connectivity index (χ4v) is 4.34. The molecule has 0 unspecified atom stereocenters. The number of hydrogen-bond donors (Lipinski definition) is 1. The van der Waals surface area contributed by atoms with E-state index in [-0.39, 0.29) is 18.3 Å². The molecule has 3 amide bonds. The van der Waals surface area contributed by atoms with Crippen LogP contribution in [0.3, 0.4) is 0 Å². The van der Waals surface area contributed by atoms with Crippen LogP contribution in [0.15, 0.2) is 54.9 Å². The minimum atomic E-state index is -0.973. The molecule has 0 spiro atoms. The molecule has 5 rings (SSSR count). The fraction of sp³-hybridized carbons (Fsp3) is 0.308. The van der Waals surface area contributed by atoms with Gasteiger partial charge in [-0.25, -0.2) is 9.18 Å². The molecular weight excluding hydrogens is 481 g/mol. The quantitative estimate of drug-likeness (QED) is 0.580. The summed E-state index contributed by atoms with van der Waals surface area (Å²) in [5.41, 5.74) is 2.34. The van der Waals surface area contributed by atoms with E-state index in [1.54, 1.807) is 42.3 Å². The normalized spacial score (nSPS) is 17.6. The zero-order valence-corrected chi connectivity index (χ0v) is 20.2. The molecule has 1 saturated heterocycles. The Balaban J connectivity index is 1.26. The van der Waals surface area contributed by atoms with E-state index >= 15 is 0 Å². The lowest BCUT2D eigenvalue weighted by atomic mass is 10.1. The number of anilines is 1. The van der Waals surface area contributed by atoms with Crippen LogP contribution in [-0.4, -0.2) is 78.5 Å². The highest BCUT2D eigenvalue weighted by Crippen LogP contribution is 2.32. The van der Waals surface area contributed by atoms with Gasteiger partial charge < -0.3 is 24.6 Å². The van der Waals surface area contributed by atoms with Crippen LogP contribution in [-0.2, 0) is 16.0 Å². The number of likely N-dealkylation sites (N-methyl/N-ethyl adjacent to an activating group) is 1. The van der Waals surface area contributed by atoms with Crippen molar-refractivity contribution in [3.63, 3.8) is 0 Å². The van der Waals surface area contributed by atoms with E-state index in [4.69, 9.17) is 9.47 Å². The largest absolute Gasteiger partial charge is 0.489 e. The molecule has 11 heteroatoms. The van der Waals surface area contributed by atoms with Gasteiger partial charge in [0.1, 0.15) is 24.2 Å². The van der Waals surface area contributed by atoms with Gasteiger partial charge in [0.25, 0.3) is 11.8 Å². The molecular formula is C26H26FN5O5. The number of nitrogens with zero attached hydrogens (tertiary/aromatic N) is 4. The lowest BCUT2D eigenvalue weighted by Gasteiger charge is -2.27. The average molecular weight is 508 g/mol. The Kier molecular flexibility index (Phi) is 6.87. The van der Waals surface area contributed by atoms with Crippen molar-refractivity contribution in [3.8, 4) is 5.75 Å². The summed E-state index contributed by atoms with van der Waals surface area (Å²) in [6.45, 7) is 1.90. The number of nitrogens with one attached hydrogen (secondary N) is 1. The molecule has 37 heavy (non-hydrogen) atoms. The predicted octanol–water partition coefficient (Wildman–Crippen LogP) is 2.07. The Bertz CT molecular complexity index is 1340. The van der Waals surface area contributed by atoms with Crippen LogP contribution in [0, 0.1) is 5.82 Å². The van der Waals surface area contributed by atoms with Gasteiger partial charge in [-0.15, -0.1) is 0 Å². The monoisotopic (exact) mass is 507 g/mol. The highest BCUT2D eigenvalue weighted by molar-refractivity contribution is 6.02. The molecule has 1 fully saturated rings. The summed E-state index contributed by atoms with van der Waals surface area (Å²) in [6, 6.07) is 9.57. The third-order valence-corrected chi connectivity index (χ3v) is 6.34. The summed E-state index contributed by atoms with van der Waals surface area (Å²) < 4.78 is 25.7. The van der Waals surface area contributed by atoms with Gasteiger partial charge in [-0.2, -0.15) is 9.78 Å². The first kappa shape index (κ1) is 24.4. The number of carbonyl (C=O) groups excluding carboxylic acids is 3. The summed E-state index contributed by atoms with van der Waals surface area (Å²) in [5, 5.41) is 6.74. The van der Waals surface area contributed by atoms with E-state index in [9.17, 15) is 18.8 Å². The first-order valence-corrected chi connectivity index (χ1v) is 11.9. The molecule has 2 aliphatic rings. The molecule has 1 N–H and O–H groups in total. The lowest BCUT2D eigenvalue weighted by Crippen LogP contribution is -2.50. The Hall–Kier alpha value is -4.25. The zero-order valence-electron chi connectivity index (χ0n) is 20.2. The van der Waals surface area contributed by atoms with Gasteiger partial charge in [-0.3, -0.25) is 9.59 Å². The molecule has 2 aliphatic heterocycles. The molecule has 0 aliphatic carbocycles. The topological polar surface area (TPSA) is 106 Å². The predicted molar refractivity (Wildman–Crippen MR) is 131 cm³/mol. The van der Waals surface area contributed by atoms with Gasteiger partial charge >= 0.3 is 6.03 Å². The van der Waals surface area contributed by atoms with E-state index in [1.165, 1.54) is 29.4 Å². The molecule has 3 heterocycles. The molecule has 3 aromatic rings. The van der Waals surface area contributed by atoms with E-state index in [0.717, 1.165) is 10.2 Å². The maximum absolute atomic E-state index is 13.5. The summed E-state index contributed by atoms with van der Waals surface area (Å²) >= 11 is 0. The second-order valence-electron chi connectivity index (χ2n) is 8.90. The molecule has 0 bridgehead atoms. The van der Waals surface area contributed by atoms with Crippen LogP contribution in [0.5, 0.6) is 5.75 Å². The number of hydrogen-bond acceptors (Lipinski definition) is 6. The number of halogens is 1. The first-order chi connectivity index (χ1) is 17.9. The molecule has 1 atom stereocenters. The Morgan fingerprint density at radius 2 is 1.95 bits per heavy atom. The SMILES string of the molecule is CN1C(=O)[C@@H](NC(=O)n2cc(Cc3cccc(F)c3)cn2)COc2ccc(C(=O)N3CCOCC3)cc21. The number of morpholine rings is 1. The summed E-state index contributed by atoms with van der Waals surface area (Å²) in [6.07, 6.45) is 3.45. The number of carbonyl (C=O) groups is 3. The molecule has 192 valence electrons. The Morgan fingerprint density at radius 1 is 1.14 bits per heavy atom. The number of rotatable bonds is 4. The van der Waals surface area contributed by atoms with E-state index in [0.29, 0.717) is 55.3 Å². The fourth-order valence-electron chi connectivity index (χ4n) is 4.34. The number of benzene rings is 2. The van der Waals surface area contributed by atoms with Crippen molar-refractivity contribution in [1.29, 1.82) is 0 Å². The minimum absolute atomic E-state index is 0.0872. The zero-order chi connectivity index (χ0) is 25.9. The van der Waals surface area contributed by atoms with Crippen molar-refractivity contribution < 1.29 is 28.2 Å². The van der Waals surface area contributed by atoms with Gasteiger partial charge in [0.2, 0.25) is 0 Å². The van der Waals surface area contributed by atoms with Gasteiger partial charge in [0.05, 0.1) is 25.1 Å². The van der Waals surface area contributed by atoms with Crippen LogP contribution in [0.4, 0.5) is 14.9 Å². The van der Waals surface area contributed by atoms with E-state index in [2.05, 4.69) is 10.4 Å². The first-order valence-electron chi connectivity index (χ1n) is 11.9. The Morgan fingerprint density at radius 3 is 2.73 bits per heavy atom. The van der Waals surface area contributed by atoms with Crippen molar-refractivity contribution in [2.24, 2.45) is 0 Å². The van der Waals surface area contributed by atoms with Crippen LogP contribution in [0.25, 0.3) is 0 Å². The number of ether oxygens (including phenoxy) is 2. The summed E-state index contributed by atoms with van der Waals surface area (Å²) in [7, 11) is 1.57. The van der Waals surface area contributed by atoms with Crippen molar-refractivity contribution in [2.45, 2.75) is 12.5 Å². The van der Waals surface area contributed by atoms with Crippen LogP contribution < -0.4 is 15.0 Å². The number of aromatic nitrogens is 2. The standard InChI is InChI=1S/C26H26FN5O5/c1-30-22-13-19(24(33)31-7-9-36-10-8-31)5-6-23(22)37-16-21(25(30)34)29-26(35)32-15-18(14-28-32)11-17-3-2-4-20(27)12-17/h2-6,12-15,21H,7-11,16H2,1H3,(H,29,35)/t21-/m0/s1. The summed E-state index contributed by atoms with van der Waals surface area (Å²) in [5.74, 6) is -0.441. The molecule has 0 saturated carbocycles. The van der Waals surface area contributed by atoms with Crippen molar-refractivity contribution in [2.75, 3.05) is 44.9 Å². The summed E-state index contributed by atoms with van der Waals surface area (Å²) in [4.78, 5) is 42.0. The van der Waals surface area contributed by atoms with Crippen molar-refractivity contribution >= 4 is 23.5 Å². The second-order valence-corrected chi connectivity index (χ2v) is 8.90. The maximum atomic E-state index is 13.5. The molecule has 10 nitrogen and oxygen atoms in total. The van der Waals surface area contributed by atoms with Crippen LogP contribution >= 0.6 is 0 Å². The minimum Gasteiger partial charge on any atom is -0.489 e. The van der Waals surface area contributed by atoms with Gasteiger partial charge in [0.15, 0.2) is 0 Å². The number of fused-ring (bicyclic) bond motifs is 1. The van der Waals surface area contributed by atoms with E-state index in [1.807, 2.05) is 0 Å². The van der Waals surface area contributed by atoms with Crippen molar-refractivity contribution in [1.82, 2.24) is 20.0 Å². The highest BCUT2D eigenvalue weighted by Gasteiger charge is 2.32. The van der Waals surface area contributed by atoms with Crippen LogP contribution in [0.2, 0.25) is 0 Å². The Labute approximate surface area is 212 Å². The van der Waals surface area contributed by atoms with Gasteiger partial charge in [-0.05, 0) is 41.5 Å². The third-order valence-electron chi connectivity index (χ3n) is 6.34. The highest BCUT2D eigenvalue weighted by atomic mass is 19.1. The number of amides is 3. The van der Waals surface area contributed by atoms with E-state index < -0.39 is 18.0 Å².